The van der Waals surface area contributed by atoms with Gasteiger partial charge in [0.15, 0.2) is 0 Å². The number of nitrogens with one attached hydrogen (secondary N) is 1. The summed E-state index contributed by atoms with van der Waals surface area (Å²) in [5.74, 6) is -1.18. The number of carboxylic acids is 1. The van der Waals surface area contributed by atoms with E-state index in [-0.39, 0.29) is 30.8 Å². The summed E-state index contributed by atoms with van der Waals surface area (Å²) < 4.78 is 5.04. The van der Waals surface area contributed by atoms with Crippen molar-refractivity contribution in [2.75, 3.05) is 13.7 Å². The van der Waals surface area contributed by atoms with Gasteiger partial charge in [-0.15, -0.1) is 0 Å². The Morgan fingerprint density at radius 2 is 2.14 bits per heavy atom. The van der Waals surface area contributed by atoms with E-state index in [1.54, 1.807) is 6.92 Å². The van der Waals surface area contributed by atoms with Gasteiger partial charge in [0.1, 0.15) is 0 Å². The first-order chi connectivity index (χ1) is 10.4. The molecule has 0 heterocycles. The Labute approximate surface area is 134 Å². The minimum absolute atomic E-state index is 0.102. The molecule has 1 amide bonds. The highest BCUT2D eigenvalue weighted by atomic mass is 35.5. The van der Waals surface area contributed by atoms with Gasteiger partial charge in [-0.3, -0.25) is 9.59 Å². The van der Waals surface area contributed by atoms with Crippen molar-refractivity contribution in [2.45, 2.75) is 31.2 Å². The van der Waals surface area contributed by atoms with Gasteiger partial charge < -0.3 is 15.2 Å². The zero-order chi connectivity index (χ0) is 16.3. The molecule has 2 N–H and O–H groups in total. The number of benzene rings is 1. The quantitative estimate of drug-likeness (QED) is 0.807. The first kappa shape index (κ1) is 16.8. The second-order valence-corrected chi connectivity index (χ2v) is 6.43. The van der Waals surface area contributed by atoms with Crippen LogP contribution >= 0.6 is 11.6 Å². The standard InChI is InChI=1S/C16H20ClNO4/c1-16(9-22-2,8-14(19)20)18-15(21)12-7-11(12)10-5-3-4-6-13(10)17/h3-6,11-12H,7-9H2,1-2H3,(H,18,21)(H,19,20). The maximum absolute atomic E-state index is 12.4. The van der Waals surface area contributed by atoms with E-state index in [9.17, 15) is 9.59 Å². The number of aliphatic carboxylic acids is 1. The Balaban J connectivity index is 2.01. The molecule has 0 bridgehead atoms. The number of carbonyl (C=O) groups is 2. The summed E-state index contributed by atoms with van der Waals surface area (Å²) in [6.45, 7) is 1.82. The summed E-state index contributed by atoms with van der Waals surface area (Å²) in [6, 6.07) is 7.48. The van der Waals surface area contributed by atoms with Crippen molar-refractivity contribution in [3.63, 3.8) is 0 Å². The average molecular weight is 326 g/mol. The number of ether oxygens (including phenoxy) is 1. The molecule has 0 spiro atoms. The molecule has 3 unspecified atom stereocenters. The number of carboxylic acid groups (broad SMARTS) is 1. The van der Waals surface area contributed by atoms with Gasteiger partial charge in [0, 0.05) is 18.1 Å². The van der Waals surface area contributed by atoms with Crippen molar-refractivity contribution in [3.05, 3.63) is 34.9 Å². The van der Waals surface area contributed by atoms with E-state index in [1.165, 1.54) is 7.11 Å². The number of carbonyl (C=O) groups excluding carboxylic acids is 1. The molecule has 0 aliphatic heterocycles. The molecule has 5 nitrogen and oxygen atoms in total. The molecule has 120 valence electrons. The molecule has 0 saturated heterocycles. The van der Waals surface area contributed by atoms with Gasteiger partial charge in [0.25, 0.3) is 0 Å². The molecule has 0 radical (unpaired) electrons. The maximum Gasteiger partial charge on any atom is 0.305 e. The lowest BCUT2D eigenvalue weighted by molar-refractivity contribution is -0.139. The van der Waals surface area contributed by atoms with Gasteiger partial charge in [-0.05, 0) is 30.9 Å². The second kappa shape index (κ2) is 6.67. The van der Waals surface area contributed by atoms with Crippen molar-refractivity contribution in [2.24, 2.45) is 5.92 Å². The Morgan fingerprint density at radius 3 is 2.73 bits per heavy atom. The smallest absolute Gasteiger partial charge is 0.305 e. The third-order valence-electron chi connectivity index (χ3n) is 3.86. The number of amides is 1. The van der Waals surface area contributed by atoms with E-state index in [0.29, 0.717) is 5.02 Å². The molecule has 1 aromatic carbocycles. The van der Waals surface area contributed by atoms with Gasteiger partial charge in [0.2, 0.25) is 5.91 Å². The monoisotopic (exact) mass is 325 g/mol. The minimum atomic E-state index is -0.974. The topological polar surface area (TPSA) is 75.6 Å². The Morgan fingerprint density at radius 1 is 1.45 bits per heavy atom. The Kier molecular flexibility index (Phi) is 5.08. The van der Waals surface area contributed by atoms with Crippen molar-refractivity contribution in [1.82, 2.24) is 5.32 Å². The minimum Gasteiger partial charge on any atom is -0.481 e. The fourth-order valence-corrected chi connectivity index (χ4v) is 3.05. The fourth-order valence-electron chi connectivity index (χ4n) is 2.78. The SMILES string of the molecule is COCC(C)(CC(=O)O)NC(=O)C1CC1c1ccccc1Cl. The lowest BCUT2D eigenvalue weighted by Gasteiger charge is -2.28. The van der Waals surface area contributed by atoms with Crippen molar-refractivity contribution in [3.8, 4) is 0 Å². The number of rotatable bonds is 7. The van der Waals surface area contributed by atoms with Crippen molar-refractivity contribution in [1.29, 1.82) is 0 Å². The van der Waals surface area contributed by atoms with Crippen LogP contribution in [-0.2, 0) is 14.3 Å². The molecule has 6 heteroatoms. The van der Waals surface area contributed by atoms with Crippen molar-refractivity contribution >= 4 is 23.5 Å². The second-order valence-electron chi connectivity index (χ2n) is 6.02. The number of hydrogen-bond acceptors (Lipinski definition) is 3. The van der Waals surface area contributed by atoms with Gasteiger partial charge in [0.05, 0.1) is 18.6 Å². The molecule has 22 heavy (non-hydrogen) atoms. The third kappa shape index (κ3) is 3.99. The van der Waals surface area contributed by atoms with Crippen molar-refractivity contribution < 1.29 is 19.4 Å². The van der Waals surface area contributed by atoms with E-state index < -0.39 is 11.5 Å². The Hall–Kier alpha value is -1.59. The van der Waals surface area contributed by atoms with E-state index in [1.807, 2.05) is 24.3 Å². The van der Waals surface area contributed by atoms with Gasteiger partial charge in [-0.2, -0.15) is 0 Å². The summed E-state index contributed by atoms with van der Waals surface area (Å²) in [7, 11) is 1.48. The highest BCUT2D eigenvalue weighted by molar-refractivity contribution is 6.31. The molecular formula is C16H20ClNO4. The summed E-state index contributed by atoms with van der Waals surface area (Å²) in [5.41, 5.74) is 0.0571. The van der Waals surface area contributed by atoms with Crippen LogP contribution in [0, 0.1) is 5.92 Å². The lowest BCUT2D eigenvalue weighted by Crippen LogP contribution is -2.51. The maximum atomic E-state index is 12.4. The Bertz CT molecular complexity index is 577. The molecule has 1 aliphatic rings. The van der Waals surface area contributed by atoms with Crippen LogP contribution in [0.1, 0.15) is 31.2 Å². The lowest BCUT2D eigenvalue weighted by atomic mass is 9.98. The first-order valence-electron chi connectivity index (χ1n) is 7.13. The van der Waals surface area contributed by atoms with Gasteiger partial charge in [-0.1, -0.05) is 29.8 Å². The summed E-state index contributed by atoms with van der Waals surface area (Å²) in [6.07, 6.45) is 0.543. The number of halogens is 1. The van der Waals surface area contributed by atoms with E-state index in [2.05, 4.69) is 5.32 Å². The molecular weight excluding hydrogens is 306 g/mol. The molecule has 1 aromatic rings. The zero-order valence-electron chi connectivity index (χ0n) is 12.6. The summed E-state index contributed by atoms with van der Waals surface area (Å²) >= 11 is 6.15. The van der Waals surface area contributed by atoms with Crippen LogP contribution in [0.25, 0.3) is 0 Å². The summed E-state index contributed by atoms with van der Waals surface area (Å²) in [5, 5.41) is 12.5. The van der Waals surface area contributed by atoms with E-state index in [4.69, 9.17) is 21.4 Å². The highest BCUT2D eigenvalue weighted by Gasteiger charge is 2.46. The van der Waals surface area contributed by atoms with E-state index >= 15 is 0 Å². The zero-order valence-corrected chi connectivity index (χ0v) is 13.4. The molecule has 1 saturated carbocycles. The molecule has 2 rings (SSSR count). The fraction of sp³-hybridized carbons (Fsp3) is 0.500. The van der Waals surface area contributed by atoms with Crippen LogP contribution in [0.3, 0.4) is 0 Å². The molecule has 0 aromatic heterocycles. The third-order valence-corrected chi connectivity index (χ3v) is 4.21. The normalized spacial score (nSPS) is 22.7. The first-order valence-corrected chi connectivity index (χ1v) is 7.51. The van der Waals surface area contributed by atoms with Crippen LogP contribution in [0.2, 0.25) is 5.02 Å². The van der Waals surface area contributed by atoms with Crippen LogP contribution < -0.4 is 5.32 Å². The summed E-state index contributed by atoms with van der Waals surface area (Å²) in [4.78, 5) is 23.3. The van der Waals surface area contributed by atoms with Crippen LogP contribution in [0.5, 0.6) is 0 Å². The molecule has 1 aliphatic carbocycles. The molecule has 3 atom stereocenters. The molecule has 1 fully saturated rings. The predicted molar refractivity (Wildman–Crippen MR) is 83.0 cm³/mol. The van der Waals surface area contributed by atoms with Gasteiger partial charge >= 0.3 is 5.97 Å². The predicted octanol–water partition coefficient (Wildman–Crippen LogP) is 2.44. The number of methoxy groups -OCH3 is 1. The average Bonchev–Trinajstić information content (AvgIpc) is 3.18. The highest BCUT2D eigenvalue weighted by Crippen LogP contribution is 2.49. The number of hydrogen-bond donors (Lipinski definition) is 2. The largest absolute Gasteiger partial charge is 0.481 e. The van der Waals surface area contributed by atoms with E-state index in [0.717, 1.165) is 12.0 Å². The van der Waals surface area contributed by atoms with Crippen LogP contribution in [-0.4, -0.2) is 36.2 Å². The van der Waals surface area contributed by atoms with Crippen LogP contribution in [0.4, 0.5) is 0 Å². The van der Waals surface area contributed by atoms with Gasteiger partial charge in [-0.25, -0.2) is 0 Å². The van der Waals surface area contributed by atoms with Crippen LogP contribution in [0.15, 0.2) is 24.3 Å².